The van der Waals surface area contributed by atoms with Crippen molar-refractivity contribution in [1.29, 1.82) is 0 Å². The Morgan fingerprint density at radius 2 is 1.84 bits per heavy atom. The van der Waals surface area contributed by atoms with Crippen LogP contribution in [0.4, 0.5) is 13.2 Å². The SMILES string of the molecule is Cc1nc(-c2ccc(CCNC(=O)CNS(=O)(=O)c3cccc(C(F)(F)F)c3)cc2)cs1. The molecule has 0 aliphatic rings. The molecular formula is C21H20F3N3O3S2. The Morgan fingerprint density at radius 3 is 2.47 bits per heavy atom. The van der Waals surface area contributed by atoms with E-state index in [1.165, 1.54) is 0 Å². The summed E-state index contributed by atoms with van der Waals surface area (Å²) in [6, 6.07) is 11.1. The van der Waals surface area contributed by atoms with Gasteiger partial charge in [0.05, 0.1) is 27.7 Å². The van der Waals surface area contributed by atoms with Crippen LogP contribution in [0.15, 0.2) is 58.8 Å². The number of nitrogens with one attached hydrogen (secondary N) is 2. The minimum Gasteiger partial charge on any atom is -0.355 e. The van der Waals surface area contributed by atoms with E-state index < -0.39 is 39.1 Å². The molecule has 11 heteroatoms. The number of aryl methyl sites for hydroxylation is 1. The van der Waals surface area contributed by atoms with Gasteiger partial charge in [-0.2, -0.15) is 13.2 Å². The van der Waals surface area contributed by atoms with Crippen LogP contribution in [0.2, 0.25) is 0 Å². The quantitative estimate of drug-likeness (QED) is 0.511. The molecule has 0 aliphatic heterocycles. The van der Waals surface area contributed by atoms with E-state index in [0.29, 0.717) is 12.5 Å². The number of hydrogen-bond donors (Lipinski definition) is 2. The molecule has 0 atom stereocenters. The van der Waals surface area contributed by atoms with Crippen LogP contribution in [0.25, 0.3) is 11.3 Å². The van der Waals surface area contributed by atoms with Gasteiger partial charge in [-0.3, -0.25) is 4.79 Å². The van der Waals surface area contributed by atoms with Crippen LogP contribution in [0.5, 0.6) is 0 Å². The summed E-state index contributed by atoms with van der Waals surface area (Å²) in [7, 11) is -4.26. The van der Waals surface area contributed by atoms with Gasteiger partial charge in [0.2, 0.25) is 15.9 Å². The van der Waals surface area contributed by atoms with Crippen molar-refractivity contribution in [3.05, 3.63) is 70.0 Å². The Morgan fingerprint density at radius 1 is 1.12 bits per heavy atom. The van der Waals surface area contributed by atoms with Crippen LogP contribution >= 0.6 is 11.3 Å². The zero-order valence-corrected chi connectivity index (χ0v) is 18.6. The molecule has 1 aromatic heterocycles. The smallest absolute Gasteiger partial charge is 0.355 e. The normalized spacial score (nSPS) is 12.0. The van der Waals surface area contributed by atoms with E-state index in [4.69, 9.17) is 0 Å². The van der Waals surface area contributed by atoms with Crippen LogP contribution in [0.3, 0.4) is 0 Å². The standard InChI is InChI=1S/C21H20F3N3O3S2/c1-14-27-19(13-31-14)16-7-5-15(6-8-16)9-10-25-20(28)12-26-32(29,30)18-4-2-3-17(11-18)21(22,23)24/h2-8,11,13,26H,9-10,12H2,1H3,(H,25,28). The van der Waals surface area contributed by atoms with Crippen molar-refractivity contribution in [1.82, 2.24) is 15.0 Å². The van der Waals surface area contributed by atoms with Crippen LogP contribution in [0, 0.1) is 6.92 Å². The highest BCUT2D eigenvalue weighted by atomic mass is 32.2. The topological polar surface area (TPSA) is 88.2 Å². The Balaban J connectivity index is 1.48. The summed E-state index contributed by atoms with van der Waals surface area (Å²) in [5.41, 5.74) is 1.79. The molecule has 0 bridgehead atoms. The molecule has 0 spiro atoms. The Kier molecular flexibility index (Phi) is 7.32. The number of hydrogen-bond acceptors (Lipinski definition) is 5. The van der Waals surface area contributed by atoms with Gasteiger partial charge in [-0.25, -0.2) is 18.1 Å². The number of nitrogens with zero attached hydrogens (tertiary/aromatic N) is 1. The number of sulfonamides is 1. The number of halogens is 3. The highest BCUT2D eigenvalue weighted by molar-refractivity contribution is 7.89. The lowest BCUT2D eigenvalue weighted by atomic mass is 10.1. The highest BCUT2D eigenvalue weighted by Gasteiger charge is 2.31. The van der Waals surface area contributed by atoms with Gasteiger partial charge in [-0.1, -0.05) is 30.3 Å². The Hall–Kier alpha value is -2.76. The molecule has 6 nitrogen and oxygen atoms in total. The van der Waals surface area contributed by atoms with Gasteiger partial charge < -0.3 is 5.32 Å². The lowest BCUT2D eigenvalue weighted by molar-refractivity contribution is -0.137. The fourth-order valence-electron chi connectivity index (χ4n) is 2.83. The third-order valence-corrected chi connectivity index (χ3v) is 6.67. The number of carbonyl (C=O) groups is 1. The monoisotopic (exact) mass is 483 g/mol. The molecule has 170 valence electrons. The van der Waals surface area contributed by atoms with Crippen molar-refractivity contribution in [2.24, 2.45) is 0 Å². The molecule has 0 fully saturated rings. The average Bonchev–Trinajstić information content (AvgIpc) is 3.19. The first-order valence-corrected chi connectivity index (χ1v) is 11.9. The molecular weight excluding hydrogens is 463 g/mol. The van der Waals surface area contributed by atoms with Gasteiger partial charge in [-0.05, 0) is 37.1 Å². The molecule has 2 aromatic carbocycles. The summed E-state index contributed by atoms with van der Waals surface area (Å²) in [6.07, 6.45) is -4.14. The number of amides is 1. The lowest BCUT2D eigenvalue weighted by Crippen LogP contribution is -2.37. The van der Waals surface area contributed by atoms with Gasteiger partial charge in [-0.15, -0.1) is 11.3 Å². The fraction of sp³-hybridized carbons (Fsp3) is 0.238. The van der Waals surface area contributed by atoms with Gasteiger partial charge >= 0.3 is 6.18 Å². The zero-order chi connectivity index (χ0) is 23.4. The molecule has 0 unspecified atom stereocenters. The summed E-state index contributed by atoms with van der Waals surface area (Å²) in [6.45, 7) is 1.63. The van der Waals surface area contributed by atoms with Crippen LogP contribution < -0.4 is 10.0 Å². The minimum atomic E-state index is -4.67. The number of carbonyl (C=O) groups excluding carboxylic acids is 1. The molecule has 0 saturated carbocycles. The van der Waals surface area contributed by atoms with Crippen LogP contribution in [0.1, 0.15) is 16.1 Å². The molecule has 0 radical (unpaired) electrons. The molecule has 0 aliphatic carbocycles. The van der Waals surface area contributed by atoms with Crippen molar-refractivity contribution in [3.63, 3.8) is 0 Å². The molecule has 1 heterocycles. The van der Waals surface area contributed by atoms with E-state index in [0.717, 1.165) is 40.0 Å². The highest BCUT2D eigenvalue weighted by Crippen LogP contribution is 2.30. The second-order valence-corrected chi connectivity index (χ2v) is 9.73. The first-order valence-electron chi connectivity index (χ1n) is 9.50. The number of rotatable bonds is 8. The van der Waals surface area contributed by atoms with Gasteiger partial charge in [0.15, 0.2) is 0 Å². The molecule has 32 heavy (non-hydrogen) atoms. The average molecular weight is 484 g/mol. The van der Waals surface area contributed by atoms with Crippen LogP contribution in [-0.4, -0.2) is 32.4 Å². The van der Waals surface area contributed by atoms with Gasteiger partial charge in [0.1, 0.15) is 0 Å². The van der Waals surface area contributed by atoms with Gasteiger partial charge in [0.25, 0.3) is 0 Å². The van der Waals surface area contributed by atoms with Crippen molar-refractivity contribution >= 4 is 27.3 Å². The number of benzene rings is 2. The lowest BCUT2D eigenvalue weighted by Gasteiger charge is -2.10. The predicted octanol–water partition coefficient (Wildman–Crippen LogP) is 3.77. The second-order valence-electron chi connectivity index (χ2n) is 6.90. The first-order chi connectivity index (χ1) is 15.0. The van der Waals surface area contributed by atoms with E-state index >= 15 is 0 Å². The predicted molar refractivity (Wildman–Crippen MR) is 116 cm³/mol. The zero-order valence-electron chi connectivity index (χ0n) is 16.9. The Bertz CT molecular complexity index is 1190. The van der Waals surface area contributed by atoms with Crippen molar-refractivity contribution in [3.8, 4) is 11.3 Å². The van der Waals surface area contributed by atoms with Crippen molar-refractivity contribution in [2.45, 2.75) is 24.4 Å². The third kappa shape index (κ3) is 6.38. The van der Waals surface area contributed by atoms with Crippen molar-refractivity contribution in [2.75, 3.05) is 13.1 Å². The number of aromatic nitrogens is 1. The molecule has 2 N–H and O–H groups in total. The Labute approximate surface area is 187 Å². The first kappa shape index (κ1) is 23.9. The summed E-state index contributed by atoms with van der Waals surface area (Å²) < 4.78 is 64.7. The van der Waals surface area contributed by atoms with E-state index in [9.17, 15) is 26.4 Å². The molecule has 3 rings (SSSR count). The van der Waals surface area contributed by atoms with Gasteiger partial charge in [0, 0.05) is 17.5 Å². The fourth-order valence-corrected chi connectivity index (χ4v) is 4.48. The molecule has 1 amide bonds. The summed E-state index contributed by atoms with van der Waals surface area (Å²) in [5.74, 6) is -0.588. The van der Waals surface area contributed by atoms with E-state index in [1.54, 1.807) is 11.3 Å². The maximum Gasteiger partial charge on any atom is 0.416 e. The van der Waals surface area contributed by atoms with E-state index in [2.05, 4.69) is 10.3 Å². The molecule has 0 saturated heterocycles. The van der Waals surface area contributed by atoms with E-state index in [1.807, 2.05) is 41.3 Å². The maximum atomic E-state index is 12.8. The van der Waals surface area contributed by atoms with Crippen LogP contribution in [-0.2, 0) is 27.4 Å². The number of alkyl halides is 3. The summed E-state index contributed by atoms with van der Waals surface area (Å²) in [5, 5.41) is 5.54. The summed E-state index contributed by atoms with van der Waals surface area (Å²) in [4.78, 5) is 15.8. The minimum absolute atomic E-state index is 0.277. The maximum absolute atomic E-state index is 12.8. The third-order valence-electron chi connectivity index (χ3n) is 4.50. The summed E-state index contributed by atoms with van der Waals surface area (Å²) >= 11 is 1.57. The van der Waals surface area contributed by atoms with E-state index in [-0.39, 0.29) is 6.54 Å². The largest absolute Gasteiger partial charge is 0.416 e. The second kappa shape index (κ2) is 9.80. The number of thiazole rings is 1. The molecule has 3 aromatic rings. The van der Waals surface area contributed by atoms with Crippen molar-refractivity contribution < 1.29 is 26.4 Å².